The smallest absolute Gasteiger partial charge is 0.418 e. The molecule has 1 N–H and O–H groups in total. The molecular formula is C8H7BrF3NO2. The van der Waals surface area contributed by atoms with Crippen LogP contribution < -0.4 is 4.74 Å². The van der Waals surface area contributed by atoms with Crippen molar-refractivity contribution in [2.24, 2.45) is 0 Å². The summed E-state index contributed by atoms with van der Waals surface area (Å²) in [6.45, 7) is -0.787. The lowest BCUT2D eigenvalue weighted by atomic mass is 10.1. The first-order valence-corrected chi connectivity index (χ1v) is 4.60. The molecule has 1 aromatic heterocycles. The maximum absolute atomic E-state index is 12.6. The molecule has 3 nitrogen and oxygen atoms in total. The van der Waals surface area contributed by atoms with Gasteiger partial charge in [-0.25, -0.2) is 4.98 Å². The van der Waals surface area contributed by atoms with Gasteiger partial charge >= 0.3 is 6.18 Å². The summed E-state index contributed by atoms with van der Waals surface area (Å²) in [7, 11) is 1.19. The third kappa shape index (κ3) is 2.40. The van der Waals surface area contributed by atoms with Gasteiger partial charge in [0, 0.05) is 10.7 Å². The molecule has 0 aliphatic rings. The average Bonchev–Trinajstić information content (AvgIpc) is 2.15. The van der Waals surface area contributed by atoms with Crippen molar-refractivity contribution >= 4 is 15.9 Å². The first-order chi connectivity index (χ1) is 6.91. The molecule has 1 aromatic rings. The molecule has 0 aliphatic carbocycles. The molecule has 0 unspecified atom stereocenters. The standard InChI is InChI=1S/C8H7BrF3NO2/c1-15-7-4(3-14)6(8(10,11)12)5(9)2-13-7/h2,14H,3H2,1H3. The van der Waals surface area contributed by atoms with Gasteiger partial charge in [-0.15, -0.1) is 0 Å². The van der Waals surface area contributed by atoms with Crippen molar-refractivity contribution in [3.05, 3.63) is 21.8 Å². The Labute approximate surface area is 92.0 Å². The predicted molar refractivity (Wildman–Crippen MR) is 49.4 cm³/mol. The molecule has 0 saturated carbocycles. The van der Waals surface area contributed by atoms with Crippen molar-refractivity contribution in [2.45, 2.75) is 12.8 Å². The topological polar surface area (TPSA) is 42.4 Å². The Hall–Kier alpha value is -0.820. The Morgan fingerprint density at radius 3 is 2.53 bits per heavy atom. The second-order valence-electron chi connectivity index (χ2n) is 2.62. The summed E-state index contributed by atoms with van der Waals surface area (Å²) in [5.74, 6) is -0.229. The van der Waals surface area contributed by atoms with E-state index in [-0.39, 0.29) is 15.9 Å². The van der Waals surface area contributed by atoms with Crippen molar-refractivity contribution in [2.75, 3.05) is 7.11 Å². The number of halogens is 4. The lowest BCUT2D eigenvalue weighted by Gasteiger charge is -2.15. The van der Waals surface area contributed by atoms with Gasteiger partial charge in [0.1, 0.15) is 0 Å². The molecule has 0 saturated heterocycles. The fourth-order valence-electron chi connectivity index (χ4n) is 1.14. The Morgan fingerprint density at radius 2 is 2.13 bits per heavy atom. The lowest BCUT2D eigenvalue weighted by molar-refractivity contribution is -0.139. The van der Waals surface area contributed by atoms with Crippen LogP contribution in [0.5, 0.6) is 5.88 Å². The van der Waals surface area contributed by atoms with Gasteiger partial charge in [0.2, 0.25) is 5.88 Å². The van der Waals surface area contributed by atoms with E-state index in [2.05, 4.69) is 25.7 Å². The molecule has 0 aliphatic heterocycles. The highest BCUT2D eigenvalue weighted by molar-refractivity contribution is 9.10. The van der Waals surface area contributed by atoms with Gasteiger partial charge in [-0.3, -0.25) is 0 Å². The minimum absolute atomic E-state index is 0.222. The number of nitrogens with zero attached hydrogens (tertiary/aromatic N) is 1. The SMILES string of the molecule is COc1ncc(Br)c(C(F)(F)F)c1CO. The quantitative estimate of drug-likeness (QED) is 0.907. The van der Waals surface area contributed by atoms with E-state index in [0.717, 1.165) is 6.20 Å². The number of aromatic nitrogens is 1. The number of ether oxygens (including phenoxy) is 1. The predicted octanol–water partition coefficient (Wildman–Crippen LogP) is 2.36. The summed E-state index contributed by atoms with van der Waals surface area (Å²) in [4.78, 5) is 3.61. The molecule has 0 spiro atoms. The molecule has 0 bridgehead atoms. The Kier molecular flexibility index (Phi) is 3.56. The normalized spacial score (nSPS) is 11.6. The van der Waals surface area contributed by atoms with Gasteiger partial charge in [-0.1, -0.05) is 0 Å². The zero-order valence-electron chi connectivity index (χ0n) is 7.60. The number of hydrogen-bond acceptors (Lipinski definition) is 3. The van der Waals surface area contributed by atoms with Crippen LogP contribution in [-0.2, 0) is 12.8 Å². The third-order valence-corrected chi connectivity index (χ3v) is 2.33. The Bertz CT molecular complexity index is 368. The van der Waals surface area contributed by atoms with Crippen molar-refractivity contribution in [3.8, 4) is 5.88 Å². The molecule has 0 amide bonds. The van der Waals surface area contributed by atoms with E-state index in [1.165, 1.54) is 7.11 Å². The van der Waals surface area contributed by atoms with E-state index >= 15 is 0 Å². The number of hydrogen-bond donors (Lipinski definition) is 1. The van der Waals surface area contributed by atoms with Gasteiger partial charge in [0.15, 0.2) is 0 Å². The van der Waals surface area contributed by atoms with E-state index in [4.69, 9.17) is 5.11 Å². The molecule has 0 fully saturated rings. The van der Waals surface area contributed by atoms with Gasteiger partial charge in [-0.2, -0.15) is 13.2 Å². The maximum Gasteiger partial charge on any atom is 0.418 e. The van der Waals surface area contributed by atoms with Crippen LogP contribution in [0.1, 0.15) is 11.1 Å². The molecule has 0 atom stereocenters. The Balaban J connectivity index is 3.46. The minimum Gasteiger partial charge on any atom is -0.481 e. The summed E-state index contributed by atoms with van der Waals surface area (Å²) in [6, 6.07) is 0. The van der Waals surface area contributed by atoms with Gasteiger partial charge in [0.25, 0.3) is 0 Å². The van der Waals surface area contributed by atoms with Crippen LogP contribution in [-0.4, -0.2) is 17.2 Å². The largest absolute Gasteiger partial charge is 0.481 e. The number of aliphatic hydroxyl groups is 1. The molecule has 7 heteroatoms. The van der Waals surface area contributed by atoms with Crippen molar-refractivity contribution < 1.29 is 23.0 Å². The molecule has 0 radical (unpaired) electrons. The highest BCUT2D eigenvalue weighted by atomic mass is 79.9. The summed E-state index contributed by atoms with van der Waals surface area (Å²) in [6.07, 6.45) is -3.58. The summed E-state index contributed by atoms with van der Waals surface area (Å²) in [5, 5.41) is 8.88. The minimum atomic E-state index is -4.56. The van der Waals surface area contributed by atoms with Crippen LogP contribution in [0.4, 0.5) is 13.2 Å². The number of methoxy groups -OCH3 is 1. The fraction of sp³-hybridized carbons (Fsp3) is 0.375. The number of aliphatic hydroxyl groups excluding tert-OH is 1. The van der Waals surface area contributed by atoms with Gasteiger partial charge in [-0.05, 0) is 15.9 Å². The first-order valence-electron chi connectivity index (χ1n) is 3.81. The van der Waals surface area contributed by atoms with Crippen molar-refractivity contribution in [1.82, 2.24) is 4.98 Å². The number of rotatable bonds is 2. The first kappa shape index (κ1) is 12.3. The van der Waals surface area contributed by atoms with Crippen LogP contribution in [0.2, 0.25) is 0 Å². The van der Waals surface area contributed by atoms with E-state index in [1.54, 1.807) is 0 Å². The van der Waals surface area contributed by atoms with Crippen molar-refractivity contribution in [3.63, 3.8) is 0 Å². The van der Waals surface area contributed by atoms with Crippen LogP contribution in [0.3, 0.4) is 0 Å². The van der Waals surface area contributed by atoms with Crippen LogP contribution >= 0.6 is 15.9 Å². The maximum atomic E-state index is 12.6. The monoisotopic (exact) mass is 285 g/mol. The number of pyridine rings is 1. The second kappa shape index (κ2) is 4.36. The molecule has 15 heavy (non-hydrogen) atoms. The van der Waals surface area contributed by atoms with Gasteiger partial charge in [0.05, 0.1) is 24.8 Å². The zero-order valence-corrected chi connectivity index (χ0v) is 9.18. The summed E-state index contributed by atoms with van der Waals surface area (Å²) >= 11 is 2.74. The van der Waals surface area contributed by atoms with Crippen LogP contribution in [0.15, 0.2) is 10.7 Å². The van der Waals surface area contributed by atoms with Crippen molar-refractivity contribution in [1.29, 1.82) is 0 Å². The van der Waals surface area contributed by atoms with E-state index < -0.39 is 18.3 Å². The molecule has 0 aromatic carbocycles. The Morgan fingerprint density at radius 1 is 1.53 bits per heavy atom. The van der Waals surface area contributed by atoms with E-state index in [9.17, 15) is 13.2 Å². The zero-order chi connectivity index (χ0) is 11.6. The van der Waals surface area contributed by atoms with E-state index in [0.29, 0.717) is 0 Å². The highest BCUT2D eigenvalue weighted by Gasteiger charge is 2.37. The number of alkyl halides is 3. The van der Waals surface area contributed by atoms with Crippen LogP contribution in [0.25, 0.3) is 0 Å². The van der Waals surface area contributed by atoms with E-state index in [1.807, 2.05) is 0 Å². The molecule has 1 heterocycles. The van der Waals surface area contributed by atoms with Crippen LogP contribution in [0, 0.1) is 0 Å². The summed E-state index contributed by atoms with van der Waals surface area (Å²) in [5.41, 5.74) is -1.34. The highest BCUT2D eigenvalue weighted by Crippen LogP contribution is 2.39. The molecule has 1 rings (SSSR count). The molecule has 84 valence electrons. The third-order valence-electron chi connectivity index (χ3n) is 1.73. The fourth-order valence-corrected chi connectivity index (χ4v) is 1.70. The lowest BCUT2D eigenvalue weighted by Crippen LogP contribution is -2.12. The molecular weight excluding hydrogens is 279 g/mol. The summed E-state index contributed by atoms with van der Waals surface area (Å²) < 4.78 is 42.2. The second-order valence-corrected chi connectivity index (χ2v) is 3.48. The average molecular weight is 286 g/mol. The van der Waals surface area contributed by atoms with Gasteiger partial charge < -0.3 is 9.84 Å².